The van der Waals surface area contributed by atoms with Gasteiger partial charge in [0.1, 0.15) is 0 Å². The molecule has 2 aliphatic heterocycles. The molecule has 0 aliphatic carbocycles. The van der Waals surface area contributed by atoms with E-state index in [1.165, 1.54) is 0 Å². The highest BCUT2D eigenvalue weighted by atomic mass is 16.3. The number of benzene rings is 1. The van der Waals surface area contributed by atoms with Crippen LogP contribution < -0.4 is 10.6 Å². The number of piperazine rings is 1. The highest BCUT2D eigenvalue weighted by Crippen LogP contribution is 2.29. The van der Waals surface area contributed by atoms with Gasteiger partial charge in [0, 0.05) is 50.8 Å². The monoisotopic (exact) mass is 303 g/mol. The summed E-state index contributed by atoms with van der Waals surface area (Å²) < 4.78 is 0. The van der Waals surface area contributed by atoms with E-state index in [9.17, 15) is 14.7 Å². The van der Waals surface area contributed by atoms with Crippen molar-refractivity contribution in [2.45, 2.75) is 5.92 Å². The molecule has 3 N–H and O–H groups in total. The number of aliphatic hydroxyl groups excluding tert-OH is 1. The van der Waals surface area contributed by atoms with Crippen molar-refractivity contribution in [2.24, 2.45) is 5.92 Å². The van der Waals surface area contributed by atoms with Gasteiger partial charge in [-0.2, -0.15) is 0 Å². The molecule has 6 heteroatoms. The van der Waals surface area contributed by atoms with Crippen molar-refractivity contribution in [1.82, 2.24) is 15.5 Å². The van der Waals surface area contributed by atoms with Gasteiger partial charge in [0.2, 0.25) is 5.91 Å². The lowest BCUT2D eigenvalue weighted by molar-refractivity contribution is -0.120. The van der Waals surface area contributed by atoms with E-state index in [0.717, 1.165) is 31.7 Å². The first-order valence-electron chi connectivity index (χ1n) is 7.69. The minimum absolute atomic E-state index is 0.0229. The first-order valence-corrected chi connectivity index (χ1v) is 7.69. The van der Waals surface area contributed by atoms with Crippen LogP contribution in [0.2, 0.25) is 0 Å². The van der Waals surface area contributed by atoms with Crippen molar-refractivity contribution in [3.05, 3.63) is 35.4 Å². The van der Waals surface area contributed by atoms with E-state index in [0.29, 0.717) is 12.1 Å². The average Bonchev–Trinajstić information content (AvgIpc) is 2.96. The van der Waals surface area contributed by atoms with Gasteiger partial charge in [0.25, 0.3) is 5.91 Å². The van der Waals surface area contributed by atoms with Crippen molar-refractivity contribution in [2.75, 3.05) is 39.3 Å². The topological polar surface area (TPSA) is 81.7 Å². The molecule has 2 amide bonds. The molecule has 1 aromatic carbocycles. The van der Waals surface area contributed by atoms with Crippen LogP contribution in [0.5, 0.6) is 0 Å². The third-order valence-corrected chi connectivity index (χ3v) is 4.45. The van der Waals surface area contributed by atoms with E-state index in [-0.39, 0.29) is 30.3 Å². The second-order valence-electron chi connectivity index (χ2n) is 5.83. The lowest BCUT2D eigenvalue weighted by atomic mass is 9.88. The zero-order chi connectivity index (χ0) is 15.5. The first kappa shape index (κ1) is 15.0. The minimum atomic E-state index is -0.326. The number of carbonyl (C=O) groups excluding carboxylic acids is 2. The summed E-state index contributed by atoms with van der Waals surface area (Å²) in [4.78, 5) is 26.1. The number of rotatable bonds is 3. The Bertz CT molecular complexity index is 552. The Kier molecular flexibility index (Phi) is 4.40. The molecule has 2 heterocycles. The Labute approximate surface area is 129 Å². The Morgan fingerprint density at radius 1 is 1.23 bits per heavy atom. The summed E-state index contributed by atoms with van der Waals surface area (Å²) in [6.07, 6.45) is 0. The summed E-state index contributed by atoms with van der Waals surface area (Å²) in [6.45, 7) is 3.57. The van der Waals surface area contributed by atoms with Crippen LogP contribution in [0.3, 0.4) is 0 Å². The molecule has 2 atom stereocenters. The van der Waals surface area contributed by atoms with Gasteiger partial charge in [0.15, 0.2) is 0 Å². The Morgan fingerprint density at radius 2 is 1.91 bits per heavy atom. The molecule has 1 unspecified atom stereocenters. The van der Waals surface area contributed by atoms with Crippen molar-refractivity contribution in [3.63, 3.8) is 0 Å². The normalized spacial score (nSPS) is 25.1. The molecule has 0 spiro atoms. The summed E-state index contributed by atoms with van der Waals surface area (Å²) in [5.41, 5.74) is 1.50. The van der Waals surface area contributed by atoms with Crippen molar-refractivity contribution in [3.8, 4) is 0 Å². The molecule has 3 rings (SSSR count). The third kappa shape index (κ3) is 2.84. The average molecular weight is 303 g/mol. The fourth-order valence-corrected chi connectivity index (χ4v) is 3.15. The SMILES string of the molecule is O=C1NCC(CO)[C@@H]1c1ccc(C(=O)N2CCNCC2)cc1. The number of amides is 2. The van der Waals surface area contributed by atoms with Crippen LogP contribution in [-0.2, 0) is 4.79 Å². The van der Waals surface area contributed by atoms with Crippen LogP contribution in [0, 0.1) is 5.92 Å². The number of aliphatic hydroxyl groups is 1. The Balaban J connectivity index is 1.74. The number of nitrogens with zero attached hydrogens (tertiary/aromatic N) is 1. The largest absolute Gasteiger partial charge is 0.396 e. The quantitative estimate of drug-likeness (QED) is 0.707. The maximum Gasteiger partial charge on any atom is 0.253 e. The standard InChI is InChI=1S/C16H21N3O3/c20-10-13-9-18-15(21)14(13)11-1-3-12(4-2-11)16(22)19-7-5-17-6-8-19/h1-4,13-14,17,20H,5-10H2,(H,18,21)/t13?,14-/m0/s1. The van der Waals surface area contributed by atoms with Gasteiger partial charge in [-0.25, -0.2) is 0 Å². The summed E-state index contributed by atoms with van der Waals surface area (Å²) >= 11 is 0. The predicted octanol–water partition coefficient (Wildman–Crippen LogP) is -0.446. The van der Waals surface area contributed by atoms with Gasteiger partial charge < -0.3 is 20.6 Å². The predicted molar refractivity (Wildman–Crippen MR) is 81.5 cm³/mol. The summed E-state index contributed by atoms with van der Waals surface area (Å²) in [6, 6.07) is 7.21. The lowest BCUT2D eigenvalue weighted by Crippen LogP contribution is -2.46. The van der Waals surface area contributed by atoms with Crippen LogP contribution in [0.4, 0.5) is 0 Å². The smallest absolute Gasteiger partial charge is 0.253 e. The van der Waals surface area contributed by atoms with Crippen LogP contribution in [-0.4, -0.2) is 61.2 Å². The molecular formula is C16H21N3O3. The molecule has 118 valence electrons. The third-order valence-electron chi connectivity index (χ3n) is 4.45. The van der Waals surface area contributed by atoms with E-state index in [4.69, 9.17) is 0 Å². The molecule has 22 heavy (non-hydrogen) atoms. The Morgan fingerprint density at radius 3 is 2.55 bits per heavy atom. The van der Waals surface area contributed by atoms with Crippen LogP contribution in [0.25, 0.3) is 0 Å². The molecule has 1 aromatic rings. The molecule has 2 fully saturated rings. The fourth-order valence-electron chi connectivity index (χ4n) is 3.15. The molecular weight excluding hydrogens is 282 g/mol. The molecule has 6 nitrogen and oxygen atoms in total. The van der Waals surface area contributed by atoms with Crippen molar-refractivity contribution >= 4 is 11.8 Å². The highest BCUT2D eigenvalue weighted by Gasteiger charge is 2.35. The number of carbonyl (C=O) groups is 2. The zero-order valence-corrected chi connectivity index (χ0v) is 12.4. The van der Waals surface area contributed by atoms with E-state index in [1.807, 2.05) is 17.0 Å². The van der Waals surface area contributed by atoms with E-state index in [1.54, 1.807) is 12.1 Å². The van der Waals surface area contributed by atoms with Crippen molar-refractivity contribution in [1.29, 1.82) is 0 Å². The van der Waals surface area contributed by atoms with Crippen LogP contribution >= 0.6 is 0 Å². The minimum Gasteiger partial charge on any atom is -0.396 e. The van der Waals surface area contributed by atoms with Gasteiger partial charge >= 0.3 is 0 Å². The first-order chi connectivity index (χ1) is 10.7. The molecule has 0 saturated carbocycles. The molecule has 2 saturated heterocycles. The number of nitrogens with one attached hydrogen (secondary N) is 2. The van der Waals surface area contributed by atoms with E-state index < -0.39 is 0 Å². The lowest BCUT2D eigenvalue weighted by Gasteiger charge is -2.27. The van der Waals surface area contributed by atoms with Crippen molar-refractivity contribution < 1.29 is 14.7 Å². The molecule has 0 radical (unpaired) electrons. The highest BCUT2D eigenvalue weighted by molar-refractivity contribution is 5.94. The van der Waals surface area contributed by atoms with Gasteiger partial charge in [-0.3, -0.25) is 9.59 Å². The maximum atomic E-state index is 12.4. The van der Waals surface area contributed by atoms with Gasteiger partial charge in [0.05, 0.1) is 5.92 Å². The summed E-state index contributed by atoms with van der Waals surface area (Å²) in [5.74, 6) is -0.446. The fraction of sp³-hybridized carbons (Fsp3) is 0.500. The number of hydrogen-bond donors (Lipinski definition) is 3. The van der Waals surface area contributed by atoms with E-state index >= 15 is 0 Å². The molecule has 2 aliphatic rings. The summed E-state index contributed by atoms with van der Waals surface area (Å²) in [7, 11) is 0. The van der Waals surface area contributed by atoms with Gasteiger partial charge in [-0.15, -0.1) is 0 Å². The summed E-state index contributed by atoms with van der Waals surface area (Å²) in [5, 5.41) is 15.4. The van der Waals surface area contributed by atoms with E-state index in [2.05, 4.69) is 10.6 Å². The molecule has 0 bridgehead atoms. The zero-order valence-electron chi connectivity index (χ0n) is 12.4. The maximum absolute atomic E-state index is 12.4. The second-order valence-corrected chi connectivity index (χ2v) is 5.83. The number of hydrogen-bond acceptors (Lipinski definition) is 4. The van der Waals surface area contributed by atoms with Gasteiger partial charge in [-0.1, -0.05) is 12.1 Å². The van der Waals surface area contributed by atoms with Crippen LogP contribution in [0.15, 0.2) is 24.3 Å². The second kappa shape index (κ2) is 6.46. The van der Waals surface area contributed by atoms with Gasteiger partial charge in [-0.05, 0) is 17.7 Å². The Hall–Kier alpha value is -1.92. The molecule has 0 aromatic heterocycles. The van der Waals surface area contributed by atoms with Crippen LogP contribution in [0.1, 0.15) is 21.8 Å².